The third-order valence-electron chi connectivity index (χ3n) is 4.96. The topological polar surface area (TPSA) is 97.4 Å². The van der Waals surface area contributed by atoms with Crippen molar-refractivity contribution < 1.29 is 26.7 Å². The van der Waals surface area contributed by atoms with Crippen molar-refractivity contribution in [2.24, 2.45) is 0 Å². The lowest BCUT2D eigenvalue weighted by atomic mass is 10.0. The van der Waals surface area contributed by atoms with Crippen LogP contribution < -0.4 is 10.6 Å². The second-order valence-electron chi connectivity index (χ2n) is 8.99. The van der Waals surface area contributed by atoms with Crippen LogP contribution in [0.2, 0.25) is 10.0 Å². The maximum absolute atomic E-state index is 14.9. The lowest BCUT2D eigenvalue weighted by Gasteiger charge is -2.21. The number of nitrogens with zero attached hydrogens (tertiary/aromatic N) is 1. The van der Waals surface area contributed by atoms with Crippen LogP contribution in [0.3, 0.4) is 0 Å². The van der Waals surface area contributed by atoms with Crippen molar-refractivity contribution in [1.29, 1.82) is 0 Å². The predicted octanol–water partition coefficient (Wildman–Crippen LogP) is 6.17. The van der Waals surface area contributed by atoms with Gasteiger partial charge in [-0.05, 0) is 74.9 Å². The average Bonchev–Trinajstić information content (AvgIpc) is 2.80. The Balaban J connectivity index is 1.95. The molecule has 0 radical (unpaired) electrons. The first-order valence-electron chi connectivity index (χ1n) is 11.1. The molecule has 0 aliphatic heterocycles. The van der Waals surface area contributed by atoms with Crippen LogP contribution in [0.1, 0.15) is 37.1 Å². The van der Waals surface area contributed by atoms with Gasteiger partial charge in [0.25, 0.3) is 0 Å². The zero-order chi connectivity index (χ0) is 27.4. The minimum Gasteiger partial charge on any atom is -0.444 e. The number of aromatic nitrogens is 1. The number of anilines is 1. The van der Waals surface area contributed by atoms with Crippen molar-refractivity contribution in [2.45, 2.75) is 36.5 Å². The Morgan fingerprint density at radius 3 is 2.35 bits per heavy atom. The van der Waals surface area contributed by atoms with E-state index in [0.29, 0.717) is 5.02 Å². The quantitative estimate of drug-likeness (QED) is 0.314. The number of amides is 1. The average molecular weight is 572 g/mol. The number of halogens is 4. The highest BCUT2D eigenvalue weighted by Gasteiger charge is 2.35. The molecule has 0 fully saturated rings. The molecule has 7 nitrogen and oxygen atoms in total. The predicted molar refractivity (Wildman–Crippen MR) is 139 cm³/mol. The molecule has 37 heavy (non-hydrogen) atoms. The molecule has 0 saturated heterocycles. The number of carbonyl (C=O) groups is 1. The summed E-state index contributed by atoms with van der Waals surface area (Å²) in [5.74, 6) is -1.53. The zero-order valence-corrected chi connectivity index (χ0v) is 22.5. The van der Waals surface area contributed by atoms with Crippen molar-refractivity contribution in [3.05, 3.63) is 87.5 Å². The van der Waals surface area contributed by atoms with Crippen LogP contribution in [0.4, 0.5) is 19.4 Å². The molecule has 0 aliphatic carbocycles. The first kappa shape index (κ1) is 28.6. The molecule has 1 unspecified atom stereocenters. The largest absolute Gasteiger partial charge is 0.444 e. The number of nitrogens with one attached hydrogen (secondary N) is 2. The number of pyridine rings is 1. The Kier molecular flexibility index (Phi) is 8.99. The summed E-state index contributed by atoms with van der Waals surface area (Å²) in [6.07, 6.45) is 0.608. The molecule has 1 amide bonds. The summed E-state index contributed by atoms with van der Waals surface area (Å²) >= 11 is 12.3. The molecule has 0 saturated carbocycles. The lowest BCUT2D eigenvalue weighted by molar-refractivity contribution is 0.0530. The number of ether oxygens (including phenoxy) is 1. The number of sulfone groups is 1. The summed E-state index contributed by atoms with van der Waals surface area (Å²) in [5, 5.41) is 4.06. The minimum absolute atomic E-state index is 0.0151. The van der Waals surface area contributed by atoms with Crippen LogP contribution >= 0.6 is 23.2 Å². The molecule has 3 rings (SSSR count). The molecular weight excluding hydrogens is 547 g/mol. The summed E-state index contributed by atoms with van der Waals surface area (Å²) in [5.41, 5.74) is -1.08. The monoisotopic (exact) mass is 571 g/mol. The van der Waals surface area contributed by atoms with Crippen LogP contribution in [0.25, 0.3) is 0 Å². The fraction of sp³-hybridized carbons (Fsp3) is 0.280. The number of hydrogen-bond acceptors (Lipinski definition) is 6. The standard InChI is InChI=1S/C25H25Cl2F2N3O4S/c1-25(2,3)36-24(33)31-11-10-30-22-13-18(20(27)14-32-22)23(19-12-16(28)6-9-21(19)29)37(34,35)17-7-4-15(26)5-8-17/h4-9,12-14,23H,10-11H2,1-3H3,(H,30,32)(H,31,33). The van der Waals surface area contributed by atoms with Crippen molar-refractivity contribution in [2.75, 3.05) is 18.4 Å². The highest BCUT2D eigenvalue weighted by atomic mass is 35.5. The maximum Gasteiger partial charge on any atom is 0.407 e. The van der Waals surface area contributed by atoms with E-state index in [1.165, 1.54) is 36.5 Å². The molecule has 198 valence electrons. The summed E-state index contributed by atoms with van der Waals surface area (Å²) in [6.45, 7) is 5.58. The summed E-state index contributed by atoms with van der Waals surface area (Å²) < 4.78 is 61.7. The Morgan fingerprint density at radius 1 is 1.03 bits per heavy atom. The van der Waals surface area contributed by atoms with Crippen LogP contribution in [-0.2, 0) is 14.6 Å². The van der Waals surface area contributed by atoms with Gasteiger partial charge in [-0.3, -0.25) is 0 Å². The second kappa shape index (κ2) is 11.6. The first-order chi connectivity index (χ1) is 17.3. The van der Waals surface area contributed by atoms with Gasteiger partial charge >= 0.3 is 6.09 Å². The molecule has 0 aliphatic rings. The van der Waals surface area contributed by atoms with Crippen molar-refractivity contribution >= 4 is 45.0 Å². The van der Waals surface area contributed by atoms with E-state index >= 15 is 0 Å². The van der Waals surface area contributed by atoms with E-state index in [0.717, 1.165) is 18.2 Å². The molecule has 1 heterocycles. The van der Waals surface area contributed by atoms with E-state index in [9.17, 15) is 22.0 Å². The van der Waals surface area contributed by atoms with Crippen molar-refractivity contribution in [3.8, 4) is 0 Å². The van der Waals surface area contributed by atoms with Gasteiger partial charge in [-0.15, -0.1) is 0 Å². The highest BCUT2D eigenvalue weighted by molar-refractivity contribution is 7.92. The molecule has 12 heteroatoms. The van der Waals surface area contributed by atoms with Gasteiger partial charge in [0.2, 0.25) is 0 Å². The van der Waals surface area contributed by atoms with Gasteiger partial charge in [0, 0.05) is 29.9 Å². The number of rotatable bonds is 8. The van der Waals surface area contributed by atoms with Crippen molar-refractivity contribution in [1.82, 2.24) is 10.3 Å². The molecule has 3 aromatic rings. The normalized spacial score (nSPS) is 12.6. The summed E-state index contributed by atoms with van der Waals surface area (Å²) in [7, 11) is -4.34. The number of hydrogen-bond donors (Lipinski definition) is 2. The Labute approximate surface area is 224 Å². The van der Waals surface area contributed by atoms with Gasteiger partial charge < -0.3 is 15.4 Å². The molecule has 2 aromatic carbocycles. The van der Waals surface area contributed by atoms with Crippen LogP contribution in [0, 0.1) is 11.6 Å². The SMILES string of the molecule is CC(C)(C)OC(=O)NCCNc1cc(C(c2cc(F)ccc2F)S(=O)(=O)c2ccc(Cl)cc2)c(Cl)cn1. The molecule has 1 atom stereocenters. The van der Waals surface area contributed by atoms with Crippen molar-refractivity contribution in [3.63, 3.8) is 0 Å². The molecule has 1 aromatic heterocycles. The van der Waals surface area contributed by atoms with Gasteiger partial charge in [-0.25, -0.2) is 27.0 Å². The molecular formula is C25H25Cl2F2N3O4S. The smallest absolute Gasteiger partial charge is 0.407 e. The van der Waals surface area contributed by atoms with Gasteiger partial charge in [0.05, 0.1) is 9.92 Å². The van der Waals surface area contributed by atoms with E-state index < -0.39 is 44.0 Å². The van der Waals surface area contributed by atoms with Gasteiger partial charge in [0.1, 0.15) is 28.3 Å². The second-order valence-corrected chi connectivity index (χ2v) is 11.9. The van der Waals surface area contributed by atoms with Crippen LogP contribution in [-0.4, -0.2) is 38.2 Å². The zero-order valence-electron chi connectivity index (χ0n) is 20.2. The lowest BCUT2D eigenvalue weighted by Crippen LogP contribution is -2.35. The van der Waals surface area contributed by atoms with Crippen LogP contribution in [0.15, 0.2) is 59.6 Å². The van der Waals surface area contributed by atoms with Crippen LogP contribution in [0.5, 0.6) is 0 Å². The Morgan fingerprint density at radius 2 is 1.70 bits per heavy atom. The fourth-order valence-corrected chi connectivity index (χ4v) is 5.63. The van der Waals surface area contributed by atoms with E-state index in [1.54, 1.807) is 20.8 Å². The summed E-state index contributed by atoms with van der Waals surface area (Å²) in [6, 6.07) is 9.23. The highest BCUT2D eigenvalue weighted by Crippen LogP contribution is 2.40. The fourth-order valence-electron chi connectivity index (χ4n) is 3.40. The van der Waals surface area contributed by atoms with Gasteiger partial charge in [0.15, 0.2) is 9.84 Å². The number of benzene rings is 2. The Bertz CT molecular complexity index is 1380. The summed E-state index contributed by atoms with van der Waals surface area (Å²) in [4.78, 5) is 15.8. The third kappa shape index (κ3) is 7.53. The Hall–Kier alpha value is -2.95. The molecule has 0 bridgehead atoms. The molecule has 0 spiro atoms. The van der Waals surface area contributed by atoms with E-state index in [1.807, 2.05) is 0 Å². The van der Waals surface area contributed by atoms with E-state index in [4.69, 9.17) is 27.9 Å². The van der Waals surface area contributed by atoms with Gasteiger partial charge in [-0.1, -0.05) is 23.2 Å². The van der Waals surface area contributed by atoms with Gasteiger partial charge in [-0.2, -0.15) is 0 Å². The molecule has 2 N–H and O–H groups in total. The third-order valence-corrected chi connectivity index (χ3v) is 7.59. The van der Waals surface area contributed by atoms with E-state index in [-0.39, 0.29) is 34.4 Å². The first-order valence-corrected chi connectivity index (χ1v) is 13.4. The maximum atomic E-state index is 14.9. The number of alkyl carbamates (subject to hydrolysis) is 1. The van der Waals surface area contributed by atoms with E-state index in [2.05, 4.69) is 15.6 Å². The minimum atomic E-state index is -4.34. The number of carbonyl (C=O) groups excluding carboxylic acids is 1.